The lowest BCUT2D eigenvalue weighted by Gasteiger charge is -2.05. The fourth-order valence-corrected chi connectivity index (χ4v) is 1.88. The zero-order valence-electron chi connectivity index (χ0n) is 9.03. The summed E-state index contributed by atoms with van der Waals surface area (Å²) < 4.78 is 5.07. The molecule has 3 nitrogen and oxygen atoms in total. The van der Waals surface area contributed by atoms with E-state index in [0.717, 1.165) is 11.5 Å². The van der Waals surface area contributed by atoms with Gasteiger partial charge in [-0.1, -0.05) is 18.5 Å². The number of anilines is 1. The van der Waals surface area contributed by atoms with E-state index in [1.807, 2.05) is 0 Å². The van der Waals surface area contributed by atoms with Crippen LogP contribution in [0.4, 0.5) is 5.69 Å². The van der Waals surface area contributed by atoms with Gasteiger partial charge in [0.15, 0.2) is 0 Å². The van der Waals surface area contributed by atoms with Gasteiger partial charge in [-0.2, -0.15) is 11.8 Å². The first-order valence-electron chi connectivity index (χ1n) is 4.94. The lowest BCUT2D eigenvalue weighted by molar-refractivity contribution is 0.0530. The van der Waals surface area contributed by atoms with Gasteiger partial charge in [0.1, 0.15) is 6.61 Å². The van der Waals surface area contributed by atoms with Crippen molar-refractivity contribution in [2.75, 3.05) is 23.8 Å². The highest BCUT2D eigenvalue weighted by Gasteiger charge is 2.08. The maximum Gasteiger partial charge on any atom is 0.338 e. The number of carbonyl (C=O) groups is 1. The maximum atomic E-state index is 11.6. The van der Waals surface area contributed by atoms with Crippen LogP contribution < -0.4 is 5.73 Å². The van der Waals surface area contributed by atoms with Crippen LogP contribution in [0.3, 0.4) is 0 Å². The fourth-order valence-electron chi connectivity index (χ4n) is 1.15. The Morgan fingerprint density at radius 2 is 2.25 bits per heavy atom. The number of carbonyl (C=O) groups excluding carboxylic acids is 1. The van der Waals surface area contributed by atoms with Gasteiger partial charge in [0, 0.05) is 16.5 Å². The molecule has 1 aromatic carbocycles. The number of esters is 1. The summed E-state index contributed by atoms with van der Waals surface area (Å²) in [6.07, 6.45) is 0. The Labute approximate surface area is 104 Å². The molecule has 2 N–H and O–H groups in total. The predicted octanol–water partition coefficient (Wildman–Crippen LogP) is 2.83. The minimum absolute atomic E-state index is 0.383. The monoisotopic (exact) mass is 259 g/mol. The number of hydrogen-bond acceptors (Lipinski definition) is 4. The average Bonchev–Trinajstić information content (AvgIpc) is 2.22. The van der Waals surface area contributed by atoms with Gasteiger partial charge in [-0.3, -0.25) is 0 Å². The van der Waals surface area contributed by atoms with Crippen LogP contribution in [-0.2, 0) is 4.74 Å². The summed E-state index contributed by atoms with van der Waals surface area (Å²) in [7, 11) is 0. The van der Waals surface area contributed by atoms with Crippen LogP contribution in [0.5, 0.6) is 0 Å². The van der Waals surface area contributed by atoms with Crippen molar-refractivity contribution < 1.29 is 9.53 Å². The summed E-state index contributed by atoms with van der Waals surface area (Å²) in [4.78, 5) is 11.6. The average molecular weight is 260 g/mol. The van der Waals surface area contributed by atoms with E-state index >= 15 is 0 Å². The first-order chi connectivity index (χ1) is 7.63. The van der Waals surface area contributed by atoms with Crippen molar-refractivity contribution in [2.24, 2.45) is 0 Å². The molecule has 5 heteroatoms. The summed E-state index contributed by atoms with van der Waals surface area (Å²) >= 11 is 7.51. The van der Waals surface area contributed by atoms with E-state index in [9.17, 15) is 4.79 Å². The largest absolute Gasteiger partial charge is 0.461 e. The van der Waals surface area contributed by atoms with Crippen LogP contribution in [0, 0.1) is 0 Å². The lowest BCUT2D eigenvalue weighted by Crippen LogP contribution is -2.08. The summed E-state index contributed by atoms with van der Waals surface area (Å²) in [6.45, 7) is 2.47. The first-order valence-corrected chi connectivity index (χ1v) is 6.47. The second kappa shape index (κ2) is 6.66. The molecule has 0 aliphatic rings. The lowest BCUT2D eigenvalue weighted by atomic mass is 10.2. The molecule has 0 aliphatic carbocycles. The molecular weight excluding hydrogens is 246 g/mol. The number of thioether (sulfide) groups is 1. The van der Waals surface area contributed by atoms with E-state index in [2.05, 4.69) is 6.92 Å². The zero-order valence-corrected chi connectivity index (χ0v) is 10.6. The predicted molar refractivity (Wildman–Crippen MR) is 69.1 cm³/mol. The topological polar surface area (TPSA) is 52.3 Å². The van der Waals surface area contributed by atoms with E-state index in [1.54, 1.807) is 30.0 Å². The van der Waals surface area contributed by atoms with E-state index < -0.39 is 0 Å². The standard InChI is InChI=1S/C11H14ClNO2S/c1-2-16-4-3-15-11(14)8-5-9(12)7-10(13)6-8/h5-7H,2-4,13H2,1H3. The van der Waals surface area contributed by atoms with Crippen molar-refractivity contribution >= 4 is 35.0 Å². The maximum absolute atomic E-state index is 11.6. The van der Waals surface area contributed by atoms with Gasteiger partial charge < -0.3 is 10.5 Å². The highest BCUT2D eigenvalue weighted by atomic mass is 35.5. The van der Waals surface area contributed by atoms with Gasteiger partial charge in [0.2, 0.25) is 0 Å². The molecule has 1 aromatic rings. The Balaban J connectivity index is 2.52. The molecular formula is C11H14ClNO2S. The number of rotatable bonds is 5. The molecule has 0 radical (unpaired) electrons. The molecule has 0 heterocycles. The molecule has 0 aromatic heterocycles. The quantitative estimate of drug-likeness (QED) is 0.502. The Morgan fingerprint density at radius 1 is 1.50 bits per heavy atom. The molecule has 0 amide bonds. The summed E-state index contributed by atoms with van der Waals surface area (Å²) in [5, 5.41) is 0.440. The van der Waals surface area contributed by atoms with Gasteiger partial charge in [-0.05, 0) is 24.0 Å². The normalized spacial score (nSPS) is 10.1. The van der Waals surface area contributed by atoms with Crippen molar-refractivity contribution in [3.05, 3.63) is 28.8 Å². The van der Waals surface area contributed by atoms with E-state index in [0.29, 0.717) is 22.9 Å². The first kappa shape index (κ1) is 13.2. The minimum Gasteiger partial charge on any atom is -0.461 e. The molecule has 0 saturated heterocycles. The second-order valence-corrected chi connectivity index (χ2v) is 4.94. The Morgan fingerprint density at radius 3 is 2.88 bits per heavy atom. The molecule has 0 bridgehead atoms. The van der Waals surface area contributed by atoms with Crippen LogP contribution in [0.2, 0.25) is 5.02 Å². The smallest absolute Gasteiger partial charge is 0.338 e. The third kappa shape index (κ3) is 4.33. The van der Waals surface area contributed by atoms with Crippen molar-refractivity contribution in [3.8, 4) is 0 Å². The molecule has 0 spiro atoms. The molecule has 0 unspecified atom stereocenters. The number of ether oxygens (including phenoxy) is 1. The van der Waals surface area contributed by atoms with Crippen molar-refractivity contribution in [3.63, 3.8) is 0 Å². The van der Waals surface area contributed by atoms with Crippen LogP contribution in [0.1, 0.15) is 17.3 Å². The fraction of sp³-hybridized carbons (Fsp3) is 0.364. The Bertz CT molecular complexity index is 351. The molecule has 0 saturated carbocycles. The summed E-state index contributed by atoms with van der Waals surface area (Å²) in [5.74, 6) is 1.44. The van der Waals surface area contributed by atoms with Gasteiger partial charge in [-0.15, -0.1) is 0 Å². The van der Waals surface area contributed by atoms with Crippen LogP contribution in [0.15, 0.2) is 18.2 Å². The van der Waals surface area contributed by atoms with Crippen LogP contribution >= 0.6 is 23.4 Å². The molecule has 0 atom stereocenters. The molecule has 88 valence electrons. The summed E-state index contributed by atoms with van der Waals surface area (Å²) in [5.41, 5.74) is 6.43. The Kier molecular flexibility index (Phi) is 5.49. The van der Waals surface area contributed by atoms with E-state index in [4.69, 9.17) is 22.1 Å². The second-order valence-electron chi connectivity index (χ2n) is 3.11. The van der Waals surface area contributed by atoms with Crippen LogP contribution in [-0.4, -0.2) is 24.1 Å². The molecule has 0 fully saturated rings. The number of nitrogens with two attached hydrogens (primary N) is 1. The van der Waals surface area contributed by atoms with Crippen LogP contribution in [0.25, 0.3) is 0 Å². The highest BCUT2D eigenvalue weighted by molar-refractivity contribution is 7.99. The third-order valence-electron chi connectivity index (χ3n) is 1.82. The highest BCUT2D eigenvalue weighted by Crippen LogP contribution is 2.17. The number of nitrogen functional groups attached to an aromatic ring is 1. The van der Waals surface area contributed by atoms with E-state index in [1.165, 1.54) is 0 Å². The van der Waals surface area contributed by atoms with E-state index in [-0.39, 0.29) is 5.97 Å². The van der Waals surface area contributed by atoms with Crippen molar-refractivity contribution in [2.45, 2.75) is 6.92 Å². The van der Waals surface area contributed by atoms with Gasteiger partial charge in [0.05, 0.1) is 5.56 Å². The SMILES string of the molecule is CCSCCOC(=O)c1cc(N)cc(Cl)c1. The van der Waals surface area contributed by atoms with Gasteiger partial charge in [-0.25, -0.2) is 4.79 Å². The number of benzene rings is 1. The molecule has 1 rings (SSSR count). The third-order valence-corrected chi connectivity index (χ3v) is 2.90. The summed E-state index contributed by atoms with van der Waals surface area (Å²) in [6, 6.07) is 4.69. The number of hydrogen-bond donors (Lipinski definition) is 1. The minimum atomic E-state index is -0.383. The van der Waals surface area contributed by atoms with Crippen molar-refractivity contribution in [1.82, 2.24) is 0 Å². The van der Waals surface area contributed by atoms with Crippen molar-refractivity contribution in [1.29, 1.82) is 0 Å². The zero-order chi connectivity index (χ0) is 12.0. The van der Waals surface area contributed by atoms with Gasteiger partial charge >= 0.3 is 5.97 Å². The van der Waals surface area contributed by atoms with Gasteiger partial charge in [0.25, 0.3) is 0 Å². The number of halogens is 1. The Hall–Kier alpha value is -0.870. The molecule has 0 aliphatic heterocycles. The molecule has 16 heavy (non-hydrogen) atoms.